The van der Waals surface area contributed by atoms with E-state index in [2.05, 4.69) is 85.8 Å². The fourth-order valence-corrected chi connectivity index (χ4v) is 7.84. The summed E-state index contributed by atoms with van der Waals surface area (Å²) < 4.78 is 0. The molecule has 6 rings (SSSR count). The van der Waals surface area contributed by atoms with Crippen LogP contribution in [0.2, 0.25) is 0 Å². The summed E-state index contributed by atoms with van der Waals surface area (Å²) in [5, 5.41) is 11.1. The number of hydrogen-bond acceptors (Lipinski definition) is 3. The Bertz CT molecular complexity index is 1270. The molecule has 0 spiro atoms. The number of aliphatic hydroxyl groups excluding tert-OH is 1. The van der Waals surface area contributed by atoms with Crippen LogP contribution in [0.25, 0.3) is 0 Å². The van der Waals surface area contributed by atoms with Crippen molar-refractivity contribution in [2.24, 2.45) is 17.3 Å². The van der Waals surface area contributed by atoms with Crippen LogP contribution < -0.4 is 4.90 Å². The van der Waals surface area contributed by atoms with Gasteiger partial charge in [0.1, 0.15) is 0 Å². The highest BCUT2D eigenvalue weighted by Gasteiger charge is 2.56. The van der Waals surface area contributed by atoms with Gasteiger partial charge in [0.2, 0.25) is 0 Å². The zero-order valence-corrected chi connectivity index (χ0v) is 23.1. The van der Waals surface area contributed by atoms with E-state index in [1.807, 2.05) is 6.08 Å². The van der Waals surface area contributed by atoms with Crippen molar-refractivity contribution in [2.45, 2.75) is 77.4 Å². The van der Waals surface area contributed by atoms with Crippen LogP contribution >= 0.6 is 0 Å². The first-order valence-electron chi connectivity index (χ1n) is 14.2. The first-order valence-corrected chi connectivity index (χ1v) is 14.2. The summed E-state index contributed by atoms with van der Waals surface area (Å²) in [5.74, 6) is 3.97. The van der Waals surface area contributed by atoms with Gasteiger partial charge in [0, 0.05) is 31.6 Å². The number of nitrogens with zero attached hydrogens (tertiary/aromatic N) is 1. The van der Waals surface area contributed by atoms with Gasteiger partial charge in [0.25, 0.3) is 0 Å². The summed E-state index contributed by atoms with van der Waals surface area (Å²) in [6.45, 7) is 4.89. The highest BCUT2D eigenvalue weighted by molar-refractivity contribution is 5.93. The number of allylic oxidation sites excluding steroid dienone is 4. The number of carbonyl (C=O) groups excluding carboxylic acids is 1. The molecule has 5 unspecified atom stereocenters. The lowest BCUT2D eigenvalue weighted by Crippen LogP contribution is -2.45. The summed E-state index contributed by atoms with van der Waals surface area (Å²) in [6, 6.07) is 19.8. The highest BCUT2D eigenvalue weighted by atomic mass is 16.3. The number of aliphatic hydroxyl groups is 1. The van der Waals surface area contributed by atoms with E-state index in [0.29, 0.717) is 30.0 Å². The van der Waals surface area contributed by atoms with E-state index < -0.39 is 0 Å². The van der Waals surface area contributed by atoms with Crippen molar-refractivity contribution in [2.75, 3.05) is 11.9 Å². The standard InChI is InChI=1S/C32H37NO2.C3H4/c1-32-19-28(22-8-11-24(12-9-22)33(2)20-21-6-4-3-5-7-21)31-26-15-13-25(34)18-23(26)10-14-27(31)29(32)16-17-30(32)35;1-3-2/h3-9,11-12,18,27-30,35H,10,13-17,19-20H2,1-2H3;1H,2H3. The third kappa shape index (κ3) is 4.87. The number of benzene rings is 2. The lowest BCUT2D eigenvalue weighted by atomic mass is 9.53. The number of rotatable bonds is 4. The van der Waals surface area contributed by atoms with Crippen LogP contribution in [-0.2, 0) is 11.3 Å². The minimum atomic E-state index is -0.206. The maximum atomic E-state index is 12.2. The number of terminal acetylenes is 1. The Morgan fingerprint density at radius 1 is 1.03 bits per heavy atom. The minimum absolute atomic E-state index is 0.0200. The Balaban J connectivity index is 0.000000937. The molecule has 1 N–H and O–H groups in total. The molecule has 0 heterocycles. The average Bonchev–Trinajstić information content (AvgIpc) is 3.23. The van der Waals surface area contributed by atoms with E-state index in [0.717, 1.165) is 45.1 Å². The summed E-state index contributed by atoms with van der Waals surface area (Å²) in [7, 11) is 2.15. The quantitative estimate of drug-likeness (QED) is 0.444. The van der Waals surface area contributed by atoms with Gasteiger partial charge in [-0.05, 0) is 103 Å². The molecule has 0 aliphatic heterocycles. The van der Waals surface area contributed by atoms with Crippen molar-refractivity contribution in [3.63, 3.8) is 0 Å². The lowest BCUT2D eigenvalue weighted by molar-refractivity contribution is -0.114. The van der Waals surface area contributed by atoms with Gasteiger partial charge < -0.3 is 10.0 Å². The lowest BCUT2D eigenvalue weighted by Gasteiger charge is -2.52. The zero-order chi connectivity index (χ0) is 26.9. The first kappa shape index (κ1) is 26.5. The van der Waals surface area contributed by atoms with Crippen LogP contribution in [0.1, 0.15) is 75.8 Å². The van der Waals surface area contributed by atoms with E-state index in [4.69, 9.17) is 0 Å². The molecule has 3 nitrogen and oxygen atoms in total. The van der Waals surface area contributed by atoms with Crippen molar-refractivity contribution in [1.82, 2.24) is 0 Å². The molecule has 4 aliphatic carbocycles. The maximum absolute atomic E-state index is 12.2. The van der Waals surface area contributed by atoms with E-state index in [1.165, 1.54) is 28.0 Å². The minimum Gasteiger partial charge on any atom is -0.393 e. The summed E-state index contributed by atoms with van der Waals surface area (Å²) >= 11 is 0. The summed E-state index contributed by atoms with van der Waals surface area (Å²) in [4.78, 5) is 14.5. The Morgan fingerprint density at radius 2 is 1.74 bits per heavy atom. The third-order valence-corrected chi connectivity index (χ3v) is 9.68. The molecule has 4 aliphatic rings. The van der Waals surface area contributed by atoms with Gasteiger partial charge in [0.15, 0.2) is 5.78 Å². The maximum Gasteiger partial charge on any atom is 0.156 e. The van der Waals surface area contributed by atoms with Crippen LogP contribution in [0.4, 0.5) is 5.69 Å². The molecule has 198 valence electrons. The van der Waals surface area contributed by atoms with Crippen molar-refractivity contribution in [3.8, 4) is 12.3 Å². The predicted molar refractivity (Wildman–Crippen MR) is 156 cm³/mol. The monoisotopic (exact) mass is 507 g/mol. The number of hydrogen-bond donors (Lipinski definition) is 1. The molecule has 2 saturated carbocycles. The third-order valence-electron chi connectivity index (χ3n) is 9.68. The molecule has 2 fully saturated rings. The summed E-state index contributed by atoms with van der Waals surface area (Å²) in [5.41, 5.74) is 8.28. The Morgan fingerprint density at radius 3 is 2.45 bits per heavy atom. The van der Waals surface area contributed by atoms with Crippen molar-refractivity contribution in [3.05, 3.63) is 88.5 Å². The molecule has 38 heavy (non-hydrogen) atoms. The molecule has 0 amide bonds. The molecule has 0 radical (unpaired) electrons. The molecule has 2 aromatic carbocycles. The molecular formula is C35H41NO2. The fourth-order valence-electron chi connectivity index (χ4n) is 7.84. The van der Waals surface area contributed by atoms with Gasteiger partial charge >= 0.3 is 0 Å². The fraction of sp³-hybridized carbons (Fsp3) is 0.457. The van der Waals surface area contributed by atoms with Gasteiger partial charge in [-0.2, -0.15) is 0 Å². The van der Waals surface area contributed by atoms with Gasteiger partial charge in [-0.3, -0.25) is 4.79 Å². The SMILES string of the molecule is C#CC.CN(Cc1ccccc1)c1ccc(C2CC3(C)C(O)CCC3C3CCC4=CC(=O)CCC4=C23)cc1. The van der Waals surface area contributed by atoms with Gasteiger partial charge in [-0.1, -0.05) is 55.0 Å². The summed E-state index contributed by atoms with van der Waals surface area (Å²) in [6.07, 6.45) is 13.1. The van der Waals surface area contributed by atoms with Crippen LogP contribution in [0.3, 0.4) is 0 Å². The van der Waals surface area contributed by atoms with Crippen LogP contribution in [-0.4, -0.2) is 24.0 Å². The molecule has 2 aromatic rings. The molecular weight excluding hydrogens is 466 g/mol. The van der Waals surface area contributed by atoms with E-state index in [-0.39, 0.29) is 11.5 Å². The van der Waals surface area contributed by atoms with Crippen LogP contribution in [0, 0.1) is 29.6 Å². The second-order valence-corrected chi connectivity index (χ2v) is 11.9. The Kier molecular flexibility index (Phi) is 7.64. The van der Waals surface area contributed by atoms with E-state index in [1.54, 1.807) is 12.5 Å². The van der Waals surface area contributed by atoms with Crippen molar-refractivity contribution < 1.29 is 9.90 Å². The Hall–Kier alpha value is -3.09. The van der Waals surface area contributed by atoms with Crippen molar-refractivity contribution in [1.29, 1.82) is 0 Å². The second kappa shape index (κ2) is 11.0. The molecule has 0 bridgehead atoms. The molecule has 0 saturated heterocycles. The number of carbonyl (C=O) groups is 1. The van der Waals surface area contributed by atoms with Gasteiger partial charge in [-0.15, -0.1) is 12.3 Å². The molecule has 0 aromatic heterocycles. The van der Waals surface area contributed by atoms with Crippen molar-refractivity contribution >= 4 is 11.5 Å². The largest absolute Gasteiger partial charge is 0.393 e. The smallest absolute Gasteiger partial charge is 0.156 e. The number of anilines is 1. The second-order valence-electron chi connectivity index (χ2n) is 11.9. The van der Waals surface area contributed by atoms with Crippen LogP contribution in [0.5, 0.6) is 0 Å². The van der Waals surface area contributed by atoms with Gasteiger partial charge in [0.05, 0.1) is 6.10 Å². The Labute approximate surface area is 228 Å². The van der Waals surface area contributed by atoms with E-state index in [9.17, 15) is 9.90 Å². The predicted octanol–water partition coefficient (Wildman–Crippen LogP) is 7.22. The van der Waals surface area contributed by atoms with Gasteiger partial charge in [-0.25, -0.2) is 0 Å². The number of ketones is 1. The molecule has 5 atom stereocenters. The van der Waals surface area contributed by atoms with Crippen LogP contribution in [0.15, 0.2) is 77.4 Å². The highest BCUT2D eigenvalue weighted by Crippen LogP contribution is 2.63. The average molecular weight is 508 g/mol. The molecule has 3 heteroatoms. The first-order chi connectivity index (χ1) is 18.4. The zero-order valence-electron chi connectivity index (χ0n) is 23.1. The number of fused-ring (bicyclic) bond motifs is 4. The normalized spacial score (nSPS) is 29.7. The topological polar surface area (TPSA) is 40.5 Å². The van der Waals surface area contributed by atoms with E-state index >= 15 is 0 Å².